The molecule has 1 amide bonds. The molecule has 0 bridgehead atoms. The molecule has 14 heavy (non-hydrogen) atoms. The molecular formula is C10H20N2O2. The molecular weight excluding hydrogens is 180 g/mol. The van der Waals surface area contributed by atoms with Crippen LogP contribution in [0.4, 0.5) is 0 Å². The van der Waals surface area contributed by atoms with Crippen LogP contribution in [0.3, 0.4) is 0 Å². The number of hydrogen-bond donors (Lipinski definition) is 2. The Morgan fingerprint density at radius 3 is 2.43 bits per heavy atom. The highest BCUT2D eigenvalue weighted by molar-refractivity contribution is 5.81. The van der Waals surface area contributed by atoms with Crippen molar-refractivity contribution in [3.8, 4) is 0 Å². The van der Waals surface area contributed by atoms with E-state index in [4.69, 9.17) is 5.11 Å². The average Bonchev–Trinajstić information content (AvgIpc) is 2.31. The minimum absolute atomic E-state index is 0.0699. The molecule has 2 N–H and O–H groups in total. The standard InChI is InChI=1S/C10H20N2O2/c1-7-8(5-6-13)9(14)12(11-7)10(2,3)4/h7-8,11,13H,5-6H2,1-4H3. The number of aliphatic hydroxyl groups excluding tert-OH is 1. The van der Waals surface area contributed by atoms with E-state index in [1.165, 1.54) is 0 Å². The fourth-order valence-electron chi connectivity index (χ4n) is 1.77. The minimum atomic E-state index is -0.199. The summed E-state index contributed by atoms with van der Waals surface area (Å²) in [5, 5.41) is 10.5. The van der Waals surface area contributed by atoms with Crippen LogP contribution in [-0.4, -0.2) is 34.2 Å². The van der Waals surface area contributed by atoms with Crippen molar-refractivity contribution < 1.29 is 9.90 Å². The van der Waals surface area contributed by atoms with Gasteiger partial charge in [0.05, 0.1) is 11.5 Å². The van der Waals surface area contributed by atoms with Crippen LogP contribution in [0.1, 0.15) is 34.1 Å². The number of hydrogen-bond acceptors (Lipinski definition) is 3. The van der Waals surface area contributed by atoms with Crippen LogP contribution in [0.5, 0.6) is 0 Å². The predicted molar refractivity (Wildman–Crippen MR) is 54.4 cm³/mol. The molecule has 0 saturated carbocycles. The van der Waals surface area contributed by atoms with Gasteiger partial charge in [-0.25, -0.2) is 5.43 Å². The van der Waals surface area contributed by atoms with Gasteiger partial charge in [0.15, 0.2) is 0 Å². The predicted octanol–water partition coefficient (Wildman–Crippen LogP) is 0.519. The van der Waals surface area contributed by atoms with Gasteiger partial charge in [-0.05, 0) is 34.1 Å². The number of rotatable bonds is 2. The third kappa shape index (κ3) is 2.07. The molecule has 0 aromatic heterocycles. The molecule has 82 valence electrons. The van der Waals surface area contributed by atoms with Crippen LogP contribution in [0.2, 0.25) is 0 Å². The van der Waals surface area contributed by atoms with Crippen LogP contribution < -0.4 is 5.43 Å². The SMILES string of the molecule is CC1NN(C(C)(C)C)C(=O)C1CCO. The van der Waals surface area contributed by atoms with Crippen molar-refractivity contribution in [3.05, 3.63) is 0 Å². The first-order valence-corrected chi connectivity index (χ1v) is 5.09. The summed E-state index contributed by atoms with van der Waals surface area (Å²) in [6.45, 7) is 8.02. The lowest BCUT2D eigenvalue weighted by Gasteiger charge is -2.31. The molecule has 0 aromatic rings. The second kappa shape index (κ2) is 3.87. The molecule has 0 aromatic carbocycles. The highest BCUT2D eigenvalue weighted by atomic mass is 16.3. The van der Waals surface area contributed by atoms with E-state index in [1.54, 1.807) is 5.01 Å². The summed E-state index contributed by atoms with van der Waals surface area (Å²) in [4.78, 5) is 11.9. The second-order valence-electron chi connectivity index (χ2n) is 4.88. The number of carbonyl (C=O) groups excluding carboxylic acids is 1. The monoisotopic (exact) mass is 200 g/mol. The average molecular weight is 200 g/mol. The van der Waals surface area contributed by atoms with Crippen LogP contribution >= 0.6 is 0 Å². The smallest absolute Gasteiger partial charge is 0.242 e. The molecule has 0 spiro atoms. The van der Waals surface area contributed by atoms with E-state index in [9.17, 15) is 4.79 Å². The van der Waals surface area contributed by atoms with Crippen LogP contribution in [0, 0.1) is 5.92 Å². The van der Waals surface area contributed by atoms with Crippen LogP contribution in [0.25, 0.3) is 0 Å². The van der Waals surface area contributed by atoms with Gasteiger partial charge in [-0.15, -0.1) is 0 Å². The van der Waals surface area contributed by atoms with Gasteiger partial charge in [-0.2, -0.15) is 0 Å². The Hall–Kier alpha value is -0.610. The largest absolute Gasteiger partial charge is 0.396 e. The van der Waals surface area contributed by atoms with E-state index in [0.29, 0.717) is 6.42 Å². The number of amides is 1. The van der Waals surface area contributed by atoms with Gasteiger partial charge in [0.25, 0.3) is 0 Å². The number of nitrogens with one attached hydrogen (secondary N) is 1. The molecule has 1 fully saturated rings. The number of hydrazine groups is 1. The number of carbonyl (C=O) groups is 1. The molecule has 1 saturated heterocycles. The number of aliphatic hydroxyl groups is 1. The zero-order valence-electron chi connectivity index (χ0n) is 9.37. The summed E-state index contributed by atoms with van der Waals surface area (Å²) in [6, 6.07) is 0.119. The van der Waals surface area contributed by atoms with Gasteiger partial charge in [-0.3, -0.25) is 9.80 Å². The summed E-state index contributed by atoms with van der Waals surface area (Å²) in [7, 11) is 0. The Kier molecular flexibility index (Phi) is 3.17. The first-order chi connectivity index (χ1) is 6.38. The van der Waals surface area contributed by atoms with Gasteiger partial charge < -0.3 is 5.11 Å². The van der Waals surface area contributed by atoms with E-state index in [2.05, 4.69) is 5.43 Å². The Morgan fingerprint density at radius 1 is 1.50 bits per heavy atom. The van der Waals surface area contributed by atoms with E-state index in [-0.39, 0.29) is 30.0 Å². The Balaban J connectivity index is 2.74. The fraction of sp³-hybridized carbons (Fsp3) is 0.900. The first-order valence-electron chi connectivity index (χ1n) is 5.09. The summed E-state index contributed by atoms with van der Waals surface area (Å²) >= 11 is 0. The second-order valence-corrected chi connectivity index (χ2v) is 4.88. The molecule has 0 aliphatic carbocycles. The Bertz CT molecular complexity index is 223. The van der Waals surface area contributed by atoms with E-state index in [1.807, 2.05) is 27.7 Å². The van der Waals surface area contributed by atoms with Gasteiger partial charge >= 0.3 is 0 Å². The van der Waals surface area contributed by atoms with Crippen molar-refractivity contribution in [1.82, 2.24) is 10.4 Å². The summed E-state index contributed by atoms with van der Waals surface area (Å²) in [5.74, 6) is 0.0123. The Labute approximate surface area is 85.3 Å². The maximum absolute atomic E-state index is 11.9. The lowest BCUT2D eigenvalue weighted by molar-refractivity contribution is -0.137. The molecule has 2 atom stereocenters. The molecule has 2 unspecified atom stereocenters. The van der Waals surface area contributed by atoms with Crippen molar-refractivity contribution in [1.29, 1.82) is 0 Å². The molecule has 1 aliphatic rings. The number of nitrogens with zero attached hydrogens (tertiary/aromatic N) is 1. The third-order valence-electron chi connectivity index (χ3n) is 2.58. The Morgan fingerprint density at radius 2 is 2.07 bits per heavy atom. The van der Waals surface area contributed by atoms with E-state index >= 15 is 0 Å². The van der Waals surface area contributed by atoms with Gasteiger partial charge in [0.1, 0.15) is 0 Å². The molecule has 0 radical (unpaired) electrons. The van der Waals surface area contributed by atoms with Crippen LogP contribution in [-0.2, 0) is 4.79 Å². The van der Waals surface area contributed by atoms with Crippen LogP contribution in [0.15, 0.2) is 0 Å². The molecule has 4 heteroatoms. The van der Waals surface area contributed by atoms with Crippen molar-refractivity contribution >= 4 is 5.91 Å². The van der Waals surface area contributed by atoms with Crippen molar-refractivity contribution in [2.24, 2.45) is 5.92 Å². The van der Waals surface area contributed by atoms with Gasteiger partial charge in [0, 0.05) is 12.6 Å². The summed E-state index contributed by atoms with van der Waals surface area (Å²) in [6.07, 6.45) is 0.541. The summed E-state index contributed by atoms with van der Waals surface area (Å²) in [5.41, 5.74) is 2.95. The lowest BCUT2D eigenvalue weighted by Crippen LogP contribution is -2.49. The highest BCUT2D eigenvalue weighted by Gasteiger charge is 2.41. The van der Waals surface area contributed by atoms with E-state index < -0.39 is 0 Å². The molecule has 1 rings (SSSR count). The highest BCUT2D eigenvalue weighted by Crippen LogP contribution is 2.25. The van der Waals surface area contributed by atoms with Crippen molar-refractivity contribution in [2.45, 2.75) is 45.7 Å². The first kappa shape index (κ1) is 11.5. The van der Waals surface area contributed by atoms with E-state index in [0.717, 1.165) is 0 Å². The maximum Gasteiger partial charge on any atom is 0.242 e. The normalized spacial score (nSPS) is 28.6. The fourth-order valence-corrected chi connectivity index (χ4v) is 1.77. The zero-order chi connectivity index (χ0) is 10.9. The van der Waals surface area contributed by atoms with Crippen molar-refractivity contribution in [3.63, 3.8) is 0 Å². The lowest BCUT2D eigenvalue weighted by atomic mass is 9.98. The molecule has 1 heterocycles. The quantitative estimate of drug-likeness (QED) is 0.683. The zero-order valence-corrected chi connectivity index (χ0v) is 9.37. The third-order valence-corrected chi connectivity index (χ3v) is 2.58. The van der Waals surface area contributed by atoms with Gasteiger partial charge in [-0.1, -0.05) is 0 Å². The minimum Gasteiger partial charge on any atom is -0.396 e. The maximum atomic E-state index is 11.9. The topological polar surface area (TPSA) is 52.6 Å². The van der Waals surface area contributed by atoms with Crippen molar-refractivity contribution in [2.75, 3.05) is 6.61 Å². The van der Waals surface area contributed by atoms with Gasteiger partial charge in [0.2, 0.25) is 5.91 Å². The molecule has 1 aliphatic heterocycles. The summed E-state index contributed by atoms with van der Waals surface area (Å²) < 4.78 is 0. The molecule has 4 nitrogen and oxygen atoms in total.